The molecule has 0 bridgehead atoms. The van der Waals surface area contributed by atoms with E-state index in [1.54, 1.807) is 13.0 Å². The number of halogens is 3. The Kier molecular flexibility index (Phi) is 4.77. The van der Waals surface area contributed by atoms with Gasteiger partial charge in [-0.25, -0.2) is 13.1 Å². The lowest BCUT2D eigenvalue weighted by molar-refractivity contribution is -0.133. The first-order valence-corrected chi connectivity index (χ1v) is 8.28. The molecule has 0 aliphatic carbocycles. The van der Waals surface area contributed by atoms with Gasteiger partial charge in [0.05, 0.1) is 0 Å². The van der Waals surface area contributed by atoms with Gasteiger partial charge in [-0.1, -0.05) is 19.1 Å². The molecule has 0 aromatic heterocycles. The van der Waals surface area contributed by atoms with Crippen molar-refractivity contribution in [2.24, 2.45) is 0 Å². The van der Waals surface area contributed by atoms with Gasteiger partial charge < -0.3 is 4.90 Å². The van der Waals surface area contributed by atoms with Crippen LogP contribution >= 0.6 is 0 Å². The van der Waals surface area contributed by atoms with Crippen molar-refractivity contribution < 1.29 is 26.4 Å². The van der Waals surface area contributed by atoms with Crippen LogP contribution in [0.3, 0.4) is 0 Å². The Morgan fingerprint density at radius 3 is 2.61 bits per heavy atom. The van der Waals surface area contributed by atoms with Gasteiger partial charge in [0.25, 0.3) is 7.12 Å². The van der Waals surface area contributed by atoms with Crippen molar-refractivity contribution >= 4 is 28.6 Å². The number of fused-ring (bicyclic) bond motifs is 1. The Labute approximate surface area is 133 Å². The monoisotopic (exact) mass is 346 g/mol. The average molecular weight is 346 g/mol. The number of hydrogen-bond donors (Lipinski definition) is 1. The molecule has 0 spiro atoms. The zero-order valence-electron chi connectivity index (χ0n) is 12.2. The molecule has 0 saturated heterocycles. The first-order chi connectivity index (χ1) is 10.5. The summed E-state index contributed by atoms with van der Waals surface area (Å²) in [5.41, 5.74) is 1.32. The summed E-state index contributed by atoms with van der Waals surface area (Å²) >= 11 is 0. The minimum atomic E-state index is -4.50. The van der Waals surface area contributed by atoms with Crippen molar-refractivity contribution in [1.29, 1.82) is 0 Å². The SMILES string of the molecule is [B]S(=O)(=O)NCc1ccc2c(c1)C(C)CC(=O)N2CC(F)(F)F. The third-order valence-electron chi connectivity index (χ3n) is 3.51. The van der Waals surface area contributed by atoms with Gasteiger partial charge in [0.2, 0.25) is 5.91 Å². The second kappa shape index (κ2) is 6.16. The number of rotatable bonds is 4. The Morgan fingerprint density at radius 2 is 2.04 bits per heavy atom. The van der Waals surface area contributed by atoms with Crippen LogP contribution in [0, 0.1) is 0 Å². The smallest absolute Gasteiger partial charge is 0.303 e. The number of nitrogens with zero attached hydrogens (tertiary/aromatic N) is 1. The van der Waals surface area contributed by atoms with Gasteiger partial charge in [-0.2, -0.15) is 13.2 Å². The first kappa shape index (κ1) is 17.8. The molecule has 23 heavy (non-hydrogen) atoms. The highest BCUT2D eigenvalue weighted by molar-refractivity contribution is 8.10. The summed E-state index contributed by atoms with van der Waals surface area (Å²) in [7, 11) is 0.977. The molecule has 1 aliphatic rings. The summed E-state index contributed by atoms with van der Waals surface area (Å²) in [5.74, 6) is -0.839. The zero-order valence-corrected chi connectivity index (χ0v) is 13.0. The van der Waals surface area contributed by atoms with Gasteiger partial charge in [0.15, 0.2) is 0 Å². The maximum atomic E-state index is 12.7. The van der Waals surface area contributed by atoms with Crippen molar-refractivity contribution in [3.05, 3.63) is 29.3 Å². The fourth-order valence-electron chi connectivity index (χ4n) is 2.51. The summed E-state index contributed by atoms with van der Waals surface area (Å²) in [6, 6.07) is 4.45. The molecule has 10 heteroatoms. The number of amides is 1. The molecule has 1 aliphatic heterocycles. The van der Waals surface area contributed by atoms with Gasteiger partial charge in [-0.3, -0.25) is 4.79 Å². The largest absolute Gasteiger partial charge is 0.406 e. The number of anilines is 1. The lowest BCUT2D eigenvalue weighted by Gasteiger charge is -2.33. The van der Waals surface area contributed by atoms with Gasteiger partial charge in [-0.05, 0) is 23.1 Å². The average Bonchev–Trinajstić information content (AvgIpc) is 2.39. The number of nitrogens with one attached hydrogen (secondary N) is 1. The van der Waals surface area contributed by atoms with Crippen LogP contribution in [0.15, 0.2) is 18.2 Å². The quantitative estimate of drug-likeness (QED) is 0.842. The van der Waals surface area contributed by atoms with E-state index in [0.717, 1.165) is 0 Å². The van der Waals surface area contributed by atoms with Crippen LogP contribution in [0.1, 0.15) is 30.4 Å². The standard InChI is InChI=1S/C13H14BF3N2O3S/c1-8-4-12(20)19(7-13(15,16)17)11-3-2-9(5-10(8)11)6-18-23(14,21)22/h2-3,5,8,18H,4,6-7H2,1H3. The second-order valence-electron chi connectivity index (χ2n) is 5.46. The molecular weight excluding hydrogens is 332 g/mol. The molecule has 5 nitrogen and oxygen atoms in total. The van der Waals surface area contributed by atoms with E-state index < -0.39 is 28.5 Å². The van der Waals surface area contributed by atoms with Crippen molar-refractivity contribution in [1.82, 2.24) is 4.72 Å². The van der Waals surface area contributed by atoms with Crippen LogP contribution in [0.2, 0.25) is 0 Å². The fraction of sp³-hybridized carbons (Fsp3) is 0.462. The van der Waals surface area contributed by atoms with E-state index in [9.17, 15) is 26.4 Å². The van der Waals surface area contributed by atoms with Crippen LogP contribution in [-0.4, -0.2) is 34.2 Å². The van der Waals surface area contributed by atoms with E-state index in [2.05, 4.69) is 4.72 Å². The van der Waals surface area contributed by atoms with E-state index in [1.807, 2.05) is 0 Å². The predicted octanol–water partition coefficient (Wildman–Crippen LogP) is 1.59. The second-order valence-corrected chi connectivity index (χ2v) is 6.84. The molecule has 1 aromatic rings. The van der Waals surface area contributed by atoms with Gasteiger partial charge in [0.1, 0.15) is 16.4 Å². The Morgan fingerprint density at radius 1 is 1.39 bits per heavy atom. The van der Waals surface area contributed by atoms with E-state index in [4.69, 9.17) is 7.12 Å². The van der Waals surface area contributed by atoms with E-state index in [1.165, 1.54) is 12.1 Å². The minimum absolute atomic E-state index is 0.0326. The highest BCUT2D eigenvalue weighted by Gasteiger charge is 2.37. The number of benzene rings is 1. The number of carbonyl (C=O) groups excluding carboxylic acids is 1. The molecule has 0 saturated carbocycles. The van der Waals surface area contributed by atoms with Crippen LogP contribution in [0.25, 0.3) is 0 Å². The third-order valence-corrected chi connectivity index (χ3v) is 4.06. The van der Waals surface area contributed by atoms with E-state index >= 15 is 0 Å². The topological polar surface area (TPSA) is 66.5 Å². The maximum absolute atomic E-state index is 12.7. The van der Waals surface area contributed by atoms with Gasteiger partial charge >= 0.3 is 6.18 Å². The molecule has 1 amide bonds. The zero-order chi connectivity index (χ0) is 17.4. The van der Waals surface area contributed by atoms with Gasteiger partial charge in [-0.15, -0.1) is 0 Å². The molecule has 1 atom stereocenters. The molecule has 2 rings (SSSR count). The Hall–Kier alpha value is -1.55. The molecule has 1 unspecified atom stereocenters. The third kappa shape index (κ3) is 4.71. The van der Waals surface area contributed by atoms with Crippen molar-refractivity contribution in [2.45, 2.75) is 32.0 Å². The Bertz CT molecular complexity index is 722. The predicted molar refractivity (Wildman–Crippen MR) is 79.4 cm³/mol. The normalized spacial score (nSPS) is 18.9. The van der Waals surface area contributed by atoms with Crippen LogP contribution in [0.5, 0.6) is 0 Å². The van der Waals surface area contributed by atoms with Crippen LogP contribution < -0.4 is 9.62 Å². The molecule has 1 aromatic carbocycles. The summed E-state index contributed by atoms with van der Waals surface area (Å²) < 4.78 is 61.9. The molecule has 1 heterocycles. The molecule has 2 radical (unpaired) electrons. The fourth-order valence-corrected chi connectivity index (χ4v) is 2.88. The Balaban J connectivity index is 2.32. The van der Waals surface area contributed by atoms with Crippen molar-refractivity contribution in [3.8, 4) is 0 Å². The summed E-state index contributed by atoms with van der Waals surface area (Å²) in [4.78, 5) is 12.6. The molecule has 124 valence electrons. The highest BCUT2D eigenvalue weighted by atomic mass is 32.2. The lowest BCUT2D eigenvalue weighted by atomic mass is 9.89. The molecular formula is C13H14BF3N2O3S. The number of hydrogen-bond acceptors (Lipinski definition) is 3. The highest BCUT2D eigenvalue weighted by Crippen LogP contribution is 2.37. The van der Waals surface area contributed by atoms with Crippen molar-refractivity contribution in [2.75, 3.05) is 11.4 Å². The lowest BCUT2D eigenvalue weighted by Crippen LogP contribution is -2.42. The number of alkyl halides is 3. The summed E-state index contributed by atoms with van der Waals surface area (Å²) in [6.07, 6.45) is -4.53. The van der Waals surface area contributed by atoms with Crippen LogP contribution in [0.4, 0.5) is 18.9 Å². The summed E-state index contributed by atoms with van der Waals surface area (Å²) in [5, 5.41) is 0. The summed E-state index contributed by atoms with van der Waals surface area (Å²) in [6.45, 7) is 0.310. The van der Waals surface area contributed by atoms with Crippen molar-refractivity contribution in [3.63, 3.8) is 0 Å². The van der Waals surface area contributed by atoms with E-state index in [0.29, 0.717) is 16.0 Å². The number of carbonyl (C=O) groups is 1. The molecule has 0 fully saturated rings. The van der Waals surface area contributed by atoms with Crippen LogP contribution in [-0.2, 0) is 21.2 Å². The van der Waals surface area contributed by atoms with Gasteiger partial charge in [0, 0.05) is 18.7 Å². The maximum Gasteiger partial charge on any atom is 0.406 e. The molecule has 1 N–H and O–H groups in total. The minimum Gasteiger partial charge on any atom is -0.303 e. The first-order valence-electron chi connectivity index (χ1n) is 6.73. The van der Waals surface area contributed by atoms with E-state index in [-0.39, 0.29) is 24.6 Å².